The number of nitrogens with one attached hydrogen (secondary N) is 2. The number of rotatable bonds is 3. The lowest BCUT2D eigenvalue weighted by molar-refractivity contribution is 0.102. The summed E-state index contributed by atoms with van der Waals surface area (Å²) in [6.45, 7) is 1.84. The highest BCUT2D eigenvalue weighted by molar-refractivity contribution is 6.08. The van der Waals surface area contributed by atoms with Crippen LogP contribution in [-0.4, -0.2) is 10.9 Å². The second kappa shape index (κ2) is 5.29. The lowest BCUT2D eigenvalue weighted by Gasteiger charge is -2.10. The fourth-order valence-corrected chi connectivity index (χ4v) is 1.61. The van der Waals surface area contributed by atoms with E-state index in [1.54, 1.807) is 42.6 Å². The average Bonchev–Trinajstić information content (AvgIpc) is 2.41. The summed E-state index contributed by atoms with van der Waals surface area (Å²) in [5, 5.41) is 2.80. The number of nitrogens with zero attached hydrogens (tertiary/aromatic N) is 1. The Labute approximate surface area is 105 Å². The number of carbonyl (C=O) groups excluding carboxylic acids is 1. The topological polar surface area (TPSA) is 80.0 Å². The van der Waals surface area contributed by atoms with Crippen LogP contribution in [0.1, 0.15) is 16.1 Å². The number of benzene rings is 1. The Balaban J connectivity index is 2.25. The lowest BCUT2D eigenvalue weighted by Crippen LogP contribution is -2.17. The maximum atomic E-state index is 12.1. The Morgan fingerprint density at radius 1 is 1.17 bits per heavy atom. The zero-order valence-corrected chi connectivity index (χ0v) is 9.97. The summed E-state index contributed by atoms with van der Waals surface area (Å²) in [7, 11) is 0. The summed E-state index contributed by atoms with van der Waals surface area (Å²) in [6, 6.07) is 10.6. The van der Waals surface area contributed by atoms with Gasteiger partial charge >= 0.3 is 0 Å². The van der Waals surface area contributed by atoms with Gasteiger partial charge in [0, 0.05) is 6.20 Å². The van der Waals surface area contributed by atoms with E-state index in [9.17, 15) is 4.79 Å². The molecule has 1 heterocycles. The van der Waals surface area contributed by atoms with Gasteiger partial charge in [0.25, 0.3) is 5.91 Å². The molecule has 0 aliphatic rings. The molecule has 0 aliphatic carbocycles. The van der Waals surface area contributed by atoms with Crippen LogP contribution in [0.25, 0.3) is 0 Å². The average molecular weight is 242 g/mol. The van der Waals surface area contributed by atoms with Gasteiger partial charge in [-0.2, -0.15) is 0 Å². The van der Waals surface area contributed by atoms with Crippen molar-refractivity contribution in [2.75, 3.05) is 10.7 Å². The Hall–Kier alpha value is -2.40. The Kier molecular flexibility index (Phi) is 3.54. The predicted molar refractivity (Wildman–Crippen MR) is 71.2 cm³/mol. The van der Waals surface area contributed by atoms with Crippen molar-refractivity contribution in [3.05, 3.63) is 53.9 Å². The van der Waals surface area contributed by atoms with Gasteiger partial charge in [-0.25, -0.2) is 0 Å². The number of aromatic nitrogens is 1. The van der Waals surface area contributed by atoms with Crippen molar-refractivity contribution in [3.63, 3.8) is 0 Å². The monoisotopic (exact) mass is 242 g/mol. The summed E-state index contributed by atoms with van der Waals surface area (Å²) in [5.74, 6) is 5.15. The molecule has 4 N–H and O–H groups in total. The highest BCUT2D eigenvalue weighted by Gasteiger charge is 2.11. The number of amides is 1. The van der Waals surface area contributed by atoms with Gasteiger partial charge in [0.15, 0.2) is 0 Å². The molecule has 1 aromatic heterocycles. The van der Waals surface area contributed by atoms with E-state index in [2.05, 4.69) is 15.7 Å². The summed E-state index contributed by atoms with van der Waals surface area (Å²) < 4.78 is 0. The van der Waals surface area contributed by atoms with Crippen molar-refractivity contribution < 1.29 is 4.79 Å². The predicted octanol–water partition coefficient (Wildman–Crippen LogP) is 1.93. The summed E-state index contributed by atoms with van der Waals surface area (Å²) in [5.41, 5.74) is 5.03. The molecular weight excluding hydrogens is 228 g/mol. The Morgan fingerprint density at radius 3 is 2.61 bits per heavy atom. The number of nitrogens with two attached hydrogens (primary N) is 1. The lowest BCUT2D eigenvalue weighted by atomic mass is 10.1. The zero-order valence-electron chi connectivity index (χ0n) is 9.97. The van der Waals surface area contributed by atoms with Gasteiger partial charge in [-0.3, -0.25) is 15.6 Å². The molecule has 5 nitrogen and oxygen atoms in total. The molecule has 1 amide bonds. The molecule has 0 spiro atoms. The van der Waals surface area contributed by atoms with Crippen LogP contribution in [0.15, 0.2) is 42.6 Å². The van der Waals surface area contributed by atoms with Crippen LogP contribution in [0.4, 0.5) is 11.4 Å². The highest BCUT2D eigenvalue weighted by atomic mass is 16.1. The number of aryl methyl sites for hydroxylation is 1. The number of hydrogen-bond donors (Lipinski definition) is 3. The van der Waals surface area contributed by atoms with Crippen LogP contribution >= 0.6 is 0 Å². The molecule has 92 valence electrons. The molecule has 18 heavy (non-hydrogen) atoms. The van der Waals surface area contributed by atoms with Gasteiger partial charge in [-0.15, -0.1) is 0 Å². The molecule has 0 unspecified atom stereocenters. The van der Waals surface area contributed by atoms with Crippen molar-refractivity contribution in [2.45, 2.75) is 6.92 Å². The molecule has 0 bridgehead atoms. The maximum Gasteiger partial charge on any atom is 0.257 e. The largest absolute Gasteiger partial charge is 0.323 e. The Morgan fingerprint density at radius 2 is 1.89 bits per heavy atom. The van der Waals surface area contributed by atoms with Crippen LogP contribution in [0, 0.1) is 6.92 Å². The SMILES string of the molecule is Cc1ncccc1NC(=O)c1ccccc1NN. The molecule has 2 aromatic rings. The fraction of sp³-hybridized carbons (Fsp3) is 0.0769. The van der Waals surface area contributed by atoms with Gasteiger partial charge in [0.05, 0.1) is 22.6 Å². The third-order valence-electron chi connectivity index (χ3n) is 2.58. The van der Waals surface area contributed by atoms with Crippen LogP contribution in [0.2, 0.25) is 0 Å². The van der Waals surface area contributed by atoms with Crippen molar-refractivity contribution in [3.8, 4) is 0 Å². The summed E-state index contributed by atoms with van der Waals surface area (Å²) >= 11 is 0. The van der Waals surface area contributed by atoms with Crippen molar-refractivity contribution >= 4 is 17.3 Å². The smallest absolute Gasteiger partial charge is 0.257 e. The molecule has 5 heteroatoms. The van der Waals surface area contributed by atoms with E-state index in [0.29, 0.717) is 16.9 Å². The first-order valence-corrected chi connectivity index (χ1v) is 5.51. The molecule has 0 radical (unpaired) electrons. The first-order valence-electron chi connectivity index (χ1n) is 5.51. The van der Waals surface area contributed by atoms with Gasteiger partial charge in [-0.05, 0) is 31.2 Å². The number of nitrogen functional groups attached to an aromatic ring is 1. The van der Waals surface area contributed by atoms with E-state index >= 15 is 0 Å². The van der Waals surface area contributed by atoms with E-state index in [4.69, 9.17) is 5.84 Å². The second-order valence-corrected chi connectivity index (χ2v) is 3.78. The third kappa shape index (κ3) is 2.46. The second-order valence-electron chi connectivity index (χ2n) is 3.78. The highest BCUT2D eigenvalue weighted by Crippen LogP contribution is 2.17. The molecule has 0 fully saturated rings. The molecule has 0 aliphatic heterocycles. The molecule has 0 saturated carbocycles. The van der Waals surface area contributed by atoms with Crippen LogP contribution in [0.5, 0.6) is 0 Å². The van der Waals surface area contributed by atoms with E-state index in [1.165, 1.54) is 0 Å². The molecule has 0 atom stereocenters. The van der Waals surface area contributed by atoms with Crippen molar-refractivity contribution in [1.29, 1.82) is 0 Å². The number of anilines is 2. The first kappa shape index (κ1) is 12.1. The number of pyridine rings is 1. The van der Waals surface area contributed by atoms with Gasteiger partial charge in [0.2, 0.25) is 0 Å². The third-order valence-corrected chi connectivity index (χ3v) is 2.58. The minimum atomic E-state index is -0.223. The Bertz CT molecular complexity index is 568. The number of para-hydroxylation sites is 1. The zero-order chi connectivity index (χ0) is 13.0. The standard InChI is InChI=1S/C13H14N4O/c1-9-11(7-4-8-15-9)16-13(18)10-5-2-3-6-12(10)17-14/h2-8,17H,14H2,1H3,(H,16,18). The molecule has 1 aromatic carbocycles. The van der Waals surface area contributed by atoms with Crippen LogP contribution < -0.4 is 16.6 Å². The van der Waals surface area contributed by atoms with E-state index in [0.717, 1.165) is 5.69 Å². The van der Waals surface area contributed by atoms with E-state index < -0.39 is 0 Å². The van der Waals surface area contributed by atoms with Crippen molar-refractivity contribution in [2.24, 2.45) is 5.84 Å². The van der Waals surface area contributed by atoms with Gasteiger partial charge < -0.3 is 10.7 Å². The molecule has 0 saturated heterocycles. The fourth-order valence-electron chi connectivity index (χ4n) is 1.61. The van der Waals surface area contributed by atoms with E-state index in [1.807, 2.05) is 6.92 Å². The summed E-state index contributed by atoms with van der Waals surface area (Å²) in [6.07, 6.45) is 1.68. The minimum absolute atomic E-state index is 0.223. The minimum Gasteiger partial charge on any atom is -0.323 e. The first-order chi connectivity index (χ1) is 8.72. The number of hydrogen-bond acceptors (Lipinski definition) is 4. The molecular formula is C13H14N4O. The van der Waals surface area contributed by atoms with Crippen LogP contribution in [-0.2, 0) is 0 Å². The normalized spacial score (nSPS) is 9.89. The maximum absolute atomic E-state index is 12.1. The number of carbonyl (C=O) groups is 1. The van der Waals surface area contributed by atoms with Crippen LogP contribution in [0.3, 0.4) is 0 Å². The quantitative estimate of drug-likeness (QED) is 0.567. The summed E-state index contributed by atoms with van der Waals surface area (Å²) in [4.78, 5) is 16.2. The van der Waals surface area contributed by atoms with Crippen molar-refractivity contribution in [1.82, 2.24) is 4.98 Å². The van der Waals surface area contributed by atoms with E-state index in [-0.39, 0.29) is 5.91 Å². The van der Waals surface area contributed by atoms with Gasteiger partial charge in [-0.1, -0.05) is 12.1 Å². The molecule has 2 rings (SSSR count). The number of hydrazine groups is 1. The van der Waals surface area contributed by atoms with Gasteiger partial charge in [0.1, 0.15) is 0 Å².